The Balaban J connectivity index is 1.14. The van der Waals surface area contributed by atoms with Crippen molar-refractivity contribution >= 4 is 38.2 Å². The number of nitrogens with one attached hydrogen (secondary N) is 1. The summed E-state index contributed by atoms with van der Waals surface area (Å²) in [5.74, 6) is 1.65. The molecule has 3 aromatic heterocycles. The molecule has 0 aliphatic carbocycles. The van der Waals surface area contributed by atoms with E-state index in [0.717, 1.165) is 77.2 Å². The van der Waals surface area contributed by atoms with Gasteiger partial charge in [0.15, 0.2) is 0 Å². The molecule has 4 heterocycles. The first-order valence-electron chi connectivity index (χ1n) is 12.8. The Hall–Kier alpha value is -3.35. The molecular weight excluding hydrogens is 466 g/mol. The van der Waals surface area contributed by atoms with E-state index < -0.39 is 0 Å². The molecule has 5 aromatic rings. The maximum atomic E-state index is 13.6. The van der Waals surface area contributed by atoms with Gasteiger partial charge in [0.2, 0.25) is 5.78 Å². The SMILES string of the molecule is Cn1c(C(=O)c2cn(CCCc3ccc(OC[C@@H]4CCNC4)cc3)c3ccccc23)cc2sccc21. The fourth-order valence-electron chi connectivity index (χ4n) is 5.30. The van der Waals surface area contributed by atoms with E-state index in [1.54, 1.807) is 11.3 Å². The Labute approximate surface area is 215 Å². The van der Waals surface area contributed by atoms with E-state index >= 15 is 0 Å². The van der Waals surface area contributed by atoms with Crippen molar-refractivity contribution in [2.45, 2.75) is 25.8 Å². The molecule has 2 aromatic carbocycles. The number of hydrogen-bond acceptors (Lipinski definition) is 4. The zero-order valence-corrected chi connectivity index (χ0v) is 21.4. The number of carbonyl (C=O) groups is 1. The fourth-order valence-corrected chi connectivity index (χ4v) is 6.14. The first-order valence-corrected chi connectivity index (χ1v) is 13.6. The van der Waals surface area contributed by atoms with E-state index in [4.69, 9.17) is 4.74 Å². The molecule has 0 amide bonds. The van der Waals surface area contributed by atoms with Gasteiger partial charge in [-0.25, -0.2) is 0 Å². The Kier molecular flexibility index (Phi) is 6.38. The van der Waals surface area contributed by atoms with Gasteiger partial charge in [-0.05, 0) is 67.1 Å². The van der Waals surface area contributed by atoms with Crippen LogP contribution in [-0.2, 0) is 20.0 Å². The highest BCUT2D eigenvalue weighted by Gasteiger charge is 2.20. The van der Waals surface area contributed by atoms with Gasteiger partial charge in [0.1, 0.15) is 5.75 Å². The average Bonchev–Trinajstić information content (AvgIpc) is 3.70. The van der Waals surface area contributed by atoms with E-state index in [1.165, 1.54) is 12.0 Å². The molecule has 1 aliphatic heterocycles. The highest BCUT2D eigenvalue weighted by molar-refractivity contribution is 7.17. The van der Waals surface area contributed by atoms with Crippen molar-refractivity contribution in [3.05, 3.63) is 89.1 Å². The number of ketones is 1. The summed E-state index contributed by atoms with van der Waals surface area (Å²) in [6.07, 6.45) is 5.23. The van der Waals surface area contributed by atoms with Crippen LogP contribution in [-0.4, -0.2) is 34.6 Å². The second-order valence-corrected chi connectivity index (χ2v) is 10.7. The monoisotopic (exact) mass is 497 g/mol. The number of para-hydroxylation sites is 1. The number of thiophene rings is 1. The van der Waals surface area contributed by atoms with Gasteiger partial charge >= 0.3 is 0 Å². The van der Waals surface area contributed by atoms with Gasteiger partial charge in [-0.1, -0.05) is 30.3 Å². The summed E-state index contributed by atoms with van der Waals surface area (Å²) >= 11 is 1.67. The predicted octanol–water partition coefficient (Wildman–Crippen LogP) is 6.05. The minimum atomic E-state index is 0.0832. The van der Waals surface area contributed by atoms with Gasteiger partial charge in [0.25, 0.3) is 0 Å². The molecule has 1 aliphatic rings. The molecule has 6 heteroatoms. The smallest absolute Gasteiger partial charge is 0.211 e. The van der Waals surface area contributed by atoms with Crippen molar-refractivity contribution < 1.29 is 9.53 Å². The van der Waals surface area contributed by atoms with Crippen LogP contribution in [0.25, 0.3) is 21.1 Å². The Morgan fingerprint density at radius 2 is 1.97 bits per heavy atom. The predicted molar refractivity (Wildman–Crippen MR) is 147 cm³/mol. The number of carbonyl (C=O) groups excluding carboxylic acids is 1. The summed E-state index contributed by atoms with van der Waals surface area (Å²) in [4.78, 5) is 13.6. The summed E-state index contributed by atoms with van der Waals surface area (Å²) in [7, 11) is 1.98. The maximum Gasteiger partial charge on any atom is 0.211 e. The van der Waals surface area contributed by atoms with E-state index in [9.17, 15) is 4.79 Å². The van der Waals surface area contributed by atoms with Crippen LogP contribution >= 0.6 is 11.3 Å². The van der Waals surface area contributed by atoms with Gasteiger partial charge in [-0.2, -0.15) is 0 Å². The number of rotatable bonds is 9. The third-order valence-corrected chi connectivity index (χ3v) is 8.22. The number of aromatic nitrogens is 2. The summed E-state index contributed by atoms with van der Waals surface area (Å²) < 4.78 is 11.4. The molecule has 5 nitrogen and oxygen atoms in total. The molecule has 0 unspecified atom stereocenters. The standard InChI is InChI=1S/C30H31N3O2S/c1-32-27-13-16-36-29(27)17-28(32)30(34)25-19-33(26-7-3-2-6-24(25)26)15-4-5-21-8-10-23(11-9-21)35-20-22-12-14-31-18-22/h2-3,6-11,13,16-17,19,22,31H,4-5,12,14-15,18,20H2,1H3/t22-/m1/s1. The highest BCUT2D eigenvalue weighted by Crippen LogP contribution is 2.29. The molecule has 1 N–H and O–H groups in total. The van der Waals surface area contributed by atoms with Gasteiger partial charge in [-0.3, -0.25) is 4.79 Å². The van der Waals surface area contributed by atoms with Crippen LogP contribution in [0.2, 0.25) is 0 Å². The lowest BCUT2D eigenvalue weighted by Gasteiger charge is -2.11. The molecule has 1 fully saturated rings. The van der Waals surface area contributed by atoms with E-state index in [2.05, 4.69) is 57.7 Å². The molecule has 6 rings (SSSR count). The third kappa shape index (κ3) is 4.47. The molecule has 0 radical (unpaired) electrons. The normalized spacial score (nSPS) is 15.8. The number of benzene rings is 2. The topological polar surface area (TPSA) is 48.2 Å². The molecule has 36 heavy (non-hydrogen) atoms. The summed E-state index contributed by atoms with van der Waals surface area (Å²) in [5, 5.41) is 6.48. The molecular formula is C30H31N3O2S. The molecule has 1 atom stereocenters. The van der Waals surface area contributed by atoms with Crippen molar-refractivity contribution in [2.24, 2.45) is 13.0 Å². The van der Waals surface area contributed by atoms with Gasteiger partial charge < -0.3 is 19.2 Å². The summed E-state index contributed by atoms with van der Waals surface area (Å²) in [6, 6.07) is 20.9. The molecule has 0 bridgehead atoms. The van der Waals surface area contributed by atoms with Gasteiger partial charge in [0.05, 0.1) is 22.5 Å². The highest BCUT2D eigenvalue weighted by atomic mass is 32.1. The zero-order chi connectivity index (χ0) is 24.5. The van der Waals surface area contributed by atoms with Crippen molar-refractivity contribution in [3.8, 4) is 5.75 Å². The van der Waals surface area contributed by atoms with Crippen molar-refractivity contribution in [2.75, 3.05) is 19.7 Å². The summed E-state index contributed by atoms with van der Waals surface area (Å²) in [6.45, 7) is 3.81. The second-order valence-electron chi connectivity index (χ2n) is 9.76. The quantitative estimate of drug-likeness (QED) is 0.252. The second kappa shape index (κ2) is 9.96. The van der Waals surface area contributed by atoms with E-state index in [0.29, 0.717) is 5.92 Å². The Morgan fingerprint density at radius 3 is 2.78 bits per heavy atom. The van der Waals surface area contributed by atoms with Crippen LogP contribution in [0.3, 0.4) is 0 Å². The lowest BCUT2D eigenvalue weighted by atomic mass is 10.1. The lowest BCUT2D eigenvalue weighted by molar-refractivity contribution is 0.103. The van der Waals surface area contributed by atoms with Crippen LogP contribution in [0.15, 0.2) is 72.2 Å². The number of fused-ring (bicyclic) bond motifs is 2. The van der Waals surface area contributed by atoms with Gasteiger partial charge in [-0.15, -0.1) is 11.3 Å². The number of aryl methyl sites for hydroxylation is 3. The minimum absolute atomic E-state index is 0.0832. The van der Waals surface area contributed by atoms with E-state index in [1.807, 2.05) is 36.0 Å². The first kappa shape index (κ1) is 23.1. The lowest BCUT2D eigenvalue weighted by Crippen LogP contribution is -2.15. The number of nitrogens with zero attached hydrogens (tertiary/aromatic N) is 2. The van der Waals surface area contributed by atoms with Crippen LogP contribution in [0.4, 0.5) is 0 Å². The van der Waals surface area contributed by atoms with Crippen LogP contribution in [0.1, 0.15) is 34.5 Å². The van der Waals surface area contributed by atoms with Crippen LogP contribution in [0, 0.1) is 5.92 Å². The fraction of sp³-hybridized carbons (Fsp3) is 0.300. The zero-order valence-electron chi connectivity index (χ0n) is 20.6. The number of ether oxygens (including phenoxy) is 1. The van der Waals surface area contributed by atoms with Gasteiger partial charge in [0, 0.05) is 48.7 Å². The third-order valence-electron chi connectivity index (χ3n) is 7.37. The number of hydrogen-bond donors (Lipinski definition) is 1. The van der Waals surface area contributed by atoms with Crippen molar-refractivity contribution in [1.82, 2.24) is 14.5 Å². The maximum absolute atomic E-state index is 13.6. The Bertz CT molecular complexity index is 1500. The molecule has 184 valence electrons. The van der Waals surface area contributed by atoms with Crippen molar-refractivity contribution in [3.63, 3.8) is 0 Å². The van der Waals surface area contributed by atoms with Crippen LogP contribution in [0.5, 0.6) is 5.75 Å². The van der Waals surface area contributed by atoms with Crippen LogP contribution < -0.4 is 10.1 Å². The van der Waals surface area contributed by atoms with Crippen molar-refractivity contribution in [1.29, 1.82) is 0 Å². The largest absolute Gasteiger partial charge is 0.493 e. The molecule has 1 saturated heterocycles. The summed E-state index contributed by atoms with van der Waals surface area (Å²) in [5.41, 5.74) is 5.05. The molecule has 0 saturated carbocycles. The first-order chi connectivity index (χ1) is 17.7. The average molecular weight is 498 g/mol. The Morgan fingerprint density at radius 1 is 1.11 bits per heavy atom. The molecule has 0 spiro atoms. The van der Waals surface area contributed by atoms with E-state index in [-0.39, 0.29) is 5.78 Å². The minimum Gasteiger partial charge on any atom is -0.493 e.